The highest BCUT2D eigenvalue weighted by atomic mass is 35.5. The van der Waals surface area contributed by atoms with Crippen molar-refractivity contribution in [2.24, 2.45) is 0 Å². The van der Waals surface area contributed by atoms with E-state index in [2.05, 4.69) is 11.6 Å². The van der Waals surface area contributed by atoms with E-state index in [-0.39, 0.29) is 12.1 Å². The number of aromatic amines is 1. The summed E-state index contributed by atoms with van der Waals surface area (Å²) in [4.78, 5) is 30.5. The van der Waals surface area contributed by atoms with Crippen molar-refractivity contribution in [3.8, 4) is 5.75 Å². The summed E-state index contributed by atoms with van der Waals surface area (Å²) < 4.78 is 5.46. The average molecular weight is 461 g/mol. The Morgan fingerprint density at radius 1 is 1.12 bits per heavy atom. The van der Waals surface area contributed by atoms with Gasteiger partial charge in [-0.2, -0.15) is 0 Å². The lowest BCUT2D eigenvalue weighted by molar-refractivity contribution is -0.378. The Morgan fingerprint density at radius 2 is 1.85 bits per heavy atom. The van der Waals surface area contributed by atoms with Gasteiger partial charge in [-0.25, -0.2) is 4.98 Å². The Bertz CT molecular complexity index is 1210. The number of Topliss-reactive ketones (excluding diaryl/α,β-unsaturated/α-hetero) is 1. The molecule has 4 rings (SSSR count). The second-order valence-corrected chi connectivity index (χ2v) is 7.93. The maximum absolute atomic E-state index is 13.5. The molecule has 1 aliphatic heterocycles. The lowest BCUT2D eigenvalue weighted by Gasteiger charge is -2.27. The van der Waals surface area contributed by atoms with Crippen LogP contribution >= 0.6 is 11.6 Å². The van der Waals surface area contributed by atoms with Crippen LogP contribution in [0, 0.1) is 0 Å². The third kappa shape index (κ3) is 4.66. The fraction of sp³-hybridized carbons (Fsp3) is 0.115. The molecule has 1 N–H and O–H groups in total. The second kappa shape index (κ2) is 9.71. The molecule has 7 heteroatoms. The number of carbonyl (C=O) groups is 2. The fourth-order valence-corrected chi connectivity index (χ4v) is 3.89. The van der Waals surface area contributed by atoms with Crippen molar-refractivity contribution in [3.63, 3.8) is 0 Å². The van der Waals surface area contributed by atoms with Gasteiger partial charge in [0.15, 0.2) is 12.4 Å². The van der Waals surface area contributed by atoms with Crippen molar-refractivity contribution >= 4 is 29.1 Å². The van der Waals surface area contributed by atoms with Crippen LogP contribution in [0.15, 0.2) is 91.3 Å². The zero-order valence-corrected chi connectivity index (χ0v) is 18.4. The minimum absolute atomic E-state index is 0.0815. The number of aromatic nitrogens is 1. The van der Waals surface area contributed by atoms with Crippen LogP contribution in [0.25, 0.3) is 5.76 Å². The van der Waals surface area contributed by atoms with Gasteiger partial charge in [0.2, 0.25) is 5.78 Å². The molecule has 166 valence electrons. The molecule has 6 nitrogen and oxygen atoms in total. The van der Waals surface area contributed by atoms with E-state index < -0.39 is 23.5 Å². The molecule has 33 heavy (non-hydrogen) atoms. The first-order valence-corrected chi connectivity index (χ1v) is 10.7. The highest BCUT2D eigenvalue weighted by Crippen LogP contribution is 2.40. The predicted octanol–water partition coefficient (Wildman–Crippen LogP) is 3.14. The molecule has 2 aromatic carbocycles. The zero-order chi connectivity index (χ0) is 23.4. The molecule has 1 aliphatic rings. The number of H-pyrrole nitrogens is 1. The quantitative estimate of drug-likeness (QED) is 0.235. The number of amides is 1. The molecule has 1 atom stereocenters. The van der Waals surface area contributed by atoms with Gasteiger partial charge in [-0.3, -0.25) is 9.59 Å². The van der Waals surface area contributed by atoms with E-state index in [4.69, 9.17) is 16.3 Å². The SMILES string of the molecule is C=CCOc1ccc(C([O-])=C2C(=O)C(=O)N(Cc3ccc[nH+]c3)C2c2ccc(Cl)cc2)cc1. The van der Waals surface area contributed by atoms with E-state index in [1.54, 1.807) is 73.1 Å². The minimum Gasteiger partial charge on any atom is -0.872 e. The first-order chi connectivity index (χ1) is 16.0. The summed E-state index contributed by atoms with van der Waals surface area (Å²) in [5.41, 5.74) is 1.65. The first kappa shape index (κ1) is 22.3. The number of ether oxygens (including phenoxy) is 1. The van der Waals surface area contributed by atoms with Gasteiger partial charge in [-0.1, -0.05) is 54.3 Å². The molecule has 1 aromatic heterocycles. The smallest absolute Gasteiger partial charge is 0.295 e. The van der Waals surface area contributed by atoms with E-state index in [9.17, 15) is 14.7 Å². The summed E-state index contributed by atoms with van der Waals surface area (Å²) in [7, 11) is 0. The maximum Gasteiger partial charge on any atom is 0.295 e. The standard InChI is InChI=1S/C26H21ClN2O4/c1-2-14-33-21-11-7-19(8-12-21)24(30)22-23(18-5-9-20(27)10-6-18)29(26(32)25(22)31)16-17-4-3-13-28-15-17/h2-13,15,23,30H,1,14,16H2. The molecule has 0 aliphatic carbocycles. The van der Waals surface area contributed by atoms with Gasteiger partial charge < -0.3 is 14.7 Å². The number of likely N-dealkylation sites (tertiary alicyclic amines) is 1. The van der Waals surface area contributed by atoms with Crippen LogP contribution in [0.3, 0.4) is 0 Å². The molecule has 1 saturated heterocycles. The first-order valence-electron chi connectivity index (χ1n) is 10.3. The second-order valence-electron chi connectivity index (χ2n) is 7.49. The van der Waals surface area contributed by atoms with Gasteiger partial charge in [0.1, 0.15) is 12.4 Å². The molecule has 0 radical (unpaired) electrons. The molecule has 1 unspecified atom stereocenters. The van der Waals surface area contributed by atoms with Crippen molar-refractivity contribution in [1.29, 1.82) is 0 Å². The van der Waals surface area contributed by atoms with Gasteiger partial charge in [0, 0.05) is 22.2 Å². The molecular formula is C26H21ClN2O4. The van der Waals surface area contributed by atoms with E-state index in [0.717, 1.165) is 5.56 Å². The summed E-state index contributed by atoms with van der Waals surface area (Å²) in [5, 5.41) is 14.0. The van der Waals surface area contributed by atoms with Crippen LogP contribution in [-0.2, 0) is 16.1 Å². The molecule has 1 fully saturated rings. The van der Waals surface area contributed by atoms with Crippen LogP contribution in [0.5, 0.6) is 5.75 Å². The monoisotopic (exact) mass is 460 g/mol. The number of ketones is 1. The summed E-state index contributed by atoms with van der Waals surface area (Å²) in [6.45, 7) is 4.10. The van der Waals surface area contributed by atoms with Crippen LogP contribution in [0.1, 0.15) is 22.7 Å². The minimum atomic E-state index is -0.827. The van der Waals surface area contributed by atoms with Crippen LogP contribution in [0.2, 0.25) is 5.02 Å². The van der Waals surface area contributed by atoms with E-state index in [1.807, 2.05) is 6.07 Å². The van der Waals surface area contributed by atoms with Crippen LogP contribution < -0.4 is 14.8 Å². The number of hydrogen-bond acceptors (Lipinski definition) is 4. The molecule has 3 aromatic rings. The van der Waals surface area contributed by atoms with Crippen molar-refractivity contribution in [2.45, 2.75) is 12.6 Å². The number of carbonyl (C=O) groups excluding carboxylic acids is 2. The molecule has 0 spiro atoms. The predicted molar refractivity (Wildman–Crippen MR) is 122 cm³/mol. The van der Waals surface area contributed by atoms with Crippen LogP contribution in [-0.4, -0.2) is 23.2 Å². The third-order valence-corrected chi connectivity index (χ3v) is 5.58. The zero-order valence-electron chi connectivity index (χ0n) is 17.7. The number of rotatable bonds is 7. The van der Waals surface area contributed by atoms with Crippen molar-refractivity contribution < 1.29 is 24.4 Å². The van der Waals surface area contributed by atoms with Crippen LogP contribution in [0.4, 0.5) is 0 Å². The Balaban J connectivity index is 1.78. The van der Waals surface area contributed by atoms with E-state index >= 15 is 0 Å². The van der Waals surface area contributed by atoms with Gasteiger partial charge in [-0.15, -0.1) is 0 Å². The topological polar surface area (TPSA) is 83.8 Å². The Hall–Kier alpha value is -3.90. The van der Waals surface area contributed by atoms with Gasteiger partial charge >= 0.3 is 0 Å². The molecule has 1 amide bonds. The third-order valence-electron chi connectivity index (χ3n) is 5.32. The average Bonchev–Trinajstić information content (AvgIpc) is 3.08. The van der Waals surface area contributed by atoms with Gasteiger partial charge in [0.05, 0.1) is 12.6 Å². The number of halogens is 1. The highest BCUT2D eigenvalue weighted by Gasteiger charge is 2.44. The largest absolute Gasteiger partial charge is 0.872 e. The molecule has 2 heterocycles. The number of nitrogens with zero attached hydrogens (tertiary/aromatic N) is 1. The van der Waals surface area contributed by atoms with Gasteiger partial charge in [-0.05, 0) is 41.5 Å². The summed E-state index contributed by atoms with van der Waals surface area (Å²) >= 11 is 6.04. The van der Waals surface area contributed by atoms with Crippen molar-refractivity contribution in [3.05, 3.63) is 113 Å². The van der Waals surface area contributed by atoms with Crippen molar-refractivity contribution in [1.82, 2.24) is 4.90 Å². The number of hydrogen-bond donors (Lipinski definition) is 0. The lowest BCUT2D eigenvalue weighted by atomic mass is 9.95. The Morgan fingerprint density at radius 3 is 2.48 bits per heavy atom. The van der Waals surface area contributed by atoms with E-state index in [1.165, 1.54) is 4.90 Å². The summed E-state index contributed by atoms with van der Waals surface area (Å²) in [6, 6.07) is 16.1. The molecule has 0 bridgehead atoms. The number of nitrogens with one attached hydrogen (secondary N) is 1. The number of pyridine rings is 1. The maximum atomic E-state index is 13.5. The molecular weight excluding hydrogens is 440 g/mol. The normalized spacial score (nSPS) is 17.2. The Labute approximate surface area is 196 Å². The van der Waals surface area contributed by atoms with Crippen molar-refractivity contribution in [2.75, 3.05) is 6.61 Å². The Kier molecular flexibility index (Phi) is 6.56. The highest BCUT2D eigenvalue weighted by molar-refractivity contribution is 6.46. The van der Waals surface area contributed by atoms with E-state index in [0.29, 0.717) is 28.5 Å². The summed E-state index contributed by atoms with van der Waals surface area (Å²) in [6.07, 6.45) is 5.12. The van der Waals surface area contributed by atoms with Gasteiger partial charge in [0.25, 0.3) is 5.91 Å². The molecule has 0 saturated carbocycles. The number of benzene rings is 2. The fourth-order valence-electron chi connectivity index (χ4n) is 3.76. The summed E-state index contributed by atoms with van der Waals surface area (Å²) in [5.74, 6) is -1.44. The lowest BCUT2D eigenvalue weighted by Crippen LogP contribution is -2.29.